The molecule has 0 aliphatic rings. The van der Waals surface area contributed by atoms with Crippen LogP contribution in [0.3, 0.4) is 0 Å². The molecule has 32 heavy (non-hydrogen) atoms. The van der Waals surface area contributed by atoms with Crippen LogP contribution in [0, 0.1) is 13.8 Å². The van der Waals surface area contributed by atoms with Crippen LogP contribution in [-0.4, -0.2) is 11.7 Å². The average molecular weight is 483 g/mol. The summed E-state index contributed by atoms with van der Waals surface area (Å²) in [4.78, 5) is 20.5. The lowest BCUT2D eigenvalue weighted by Gasteiger charge is -2.26. The van der Waals surface area contributed by atoms with E-state index >= 15 is 0 Å². The van der Waals surface area contributed by atoms with Gasteiger partial charge in [-0.15, -0.1) is 0 Å². The second-order valence-electron chi connectivity index (χ2n) is 7.59. The van der Waals surface area contributed by atoms with Crippen molar-refractivity contribution < 1.29 is 4.79 Å². The van der Waals surface area contributed by atoms with Crippen LogP contribution in [0.4, 0.5) is 11.4 Å². The summed E-state index contributed by atoms with van der Waals surface area (Å²) in [5.41, 5.74) is 5.24. The Morgan fingerprint density at radius 3 is 1.91 bits per heavy atom. The van der Waals surface area contributed by atoms with Crippen molar-refractivity contribution in [2.45, 2.75) is 13.8 Å². The monoisotopic (exact) mass is 482 g/mol. The van der Waals surface area contributed by atoms with Gasteiger partial charge in [0.2, 0.25) is 0 Å². The lowest BCUT2D eigenvalue weighted by Crippen LogP contribution is -2.38. The smallest absolute Gasteiger partial charge is 0.264 e. The highest BCUT2D eigenvalue weighted by atomic mass is 79.9. The van der Waals surface area contributed by atoms with E-state index in [1.807, 2.05) is 117 Å². The molecule has 0 saturated heterocycles. The quantitative estimate of drug-likeness (QED) is 0.219. The lowest BCUT2D eigenvalue weighted by molar-refractivity contribution is 0.100. The first-order valence-electron chi connectivity index (χ1n) is 10.4. The predicted octanol–water partition coefficient (Wildman–Crippen LogP) is 7.49. The topological polar surface area (TPSA) is 32.7 Å². The number of aliphatic imine (C=N–C) groups is 1. The zero-order chi connectivity index (χ0) is 22.5. The predicted molar refractivity (Wildman–Crippen MR) is 136 cm³/mol. The lowest BCUT2D eigenvalue weighted by atomic mass is 10.1. The molecule has 158 valence electrons. The van der Waals surface area contributed by atoms with E-state index in [0.717, 1.165) is 32.5 Å². The Kier molecular flexibility index (Phi) is 6.62. The molecule has 0 fully saturated rings. The third-order valence-electron chi connectivity index (χ3n) is 5.11. The van der Waals surface area contributed by atoms with Gasteiger partial charge in [0, 0.05) is 15.6 Å². The van der Waals surface area contributed by atoms with Crippen LogP contribution in [0.1, 0.15) is 27.0 Å². The van der Waals surface area contributed by atoms with E-state index < -0.39 is 0 Å². The highest BCUT2D eigenvalue weighted by molar-refractivity contribution is 9.10. The SMILES string of the molecule is Cc1ccc(N=C(c2ccccc2Br)N(C(=O)c2ccccc2)c2ccc(C)cc2)cc1. The highest BCUT2D eigenvalue weighted by Gasteiger charge is 2.25. The number of amidine groups is 1. The van der Waals surface area contributed by atoms with E-state index in [1.54, 1.807) is 4.90 Å². The molecular formula is C28H23BrN2O. The van der Waals surface area contributed by atoms with E-state index in [-0.39, 0.29) is 5.91 Å². The molecule has 0 bridgehead atoms. The van der Waals surface area contributed by atoms with Gasteiger partial charge in [0.15, 0.2) is 0 Å². The Balaban J connectivity index is 1.95. The summed E-state index contributed by atoms with van der Waals surface area (Å²) in [5.74, 6) is 0.412. The van der Waals surface area contributed by atoms with Gasteiger partial charge in [-0.05, 0) is 56.3 Å². The van der Waals surface area contributed by atoms with Crippen LogP contribution in [0.2, 0.25) is 0 Å². The molecule has 4 rings (SSSR count). The zero-order valence-corrected chi connectivity index (χ0v) is 19.6. The van der Waals surface area contributed by atoms with E-state index in [1.165, 1.54) is 0 Å². The number of carbonyl (C=O) groups is 1. The number of nitrogens with zero attached hydrogens (tertiary/aromatic N) is 2. The second-order valence-corrected chi connectivity index (χ2v) is 8.45. The molecule has 1 amide bonds. The van der Waals surface area contributed by atoms with Crippen molar-refractivity contribution in [1.82, 2.24) is 0 Å². The molecule has 0 heterocycles. The molecule has 0 aliphatic heterocycles. The number of hydrogen-bond acceptors (Lipinski definition) is 2. The molecular weight excluding hydrogens is 460 g/mol. The Hall–Kier alpha value is -3.50. The number of aryl methyl sites for hydroxylation is 2. The second kappa shape index (κ2) is 9.75. The zero-order valence-electron chi connectivity index (χ0n) is 18.0. The molecule has 0 aromatic heterocycles. The maximum atomic E-state index is 13.8. The van der Waals surface area contributed by atoms with Gasteiger partial charge in [0.25, 0.3) is 5.91 Å². The van der Waals surface area contributed by atoms with E-state index in [0.29, 0.717) is 11.4 Å². The molecule has 3 nitrogen and oxygen atoms in total. The van der Waals surface area contributed by atoms with Crippen molar-refractivity contribution in [3.63, 3.8) is 0 Å². The molecule has 0 N–H and O–H groups in total. The summed E-state index contributed by atoms with van der Waals surface area (Å²) in [5, 5.41) is 0. The largest absolute Gasteiger partial charge is 0.268 e. The molecule has 0 radical (unpaired) electrons. The molecule has 4 aromatic carbocycles. The number of halogens is 1. The van der Waals surface area contributed by atoms with Crippen molar-refractivity contribution in [2.75, 3.05) is 4.90 Å². The van der Waals surface area contributed by atoms with Gasteiger partial charge >= 0.3 is 0 Å². The molecule has 0 unspecified atom stereocenters. The van der Waals surface area contributed by atoms with Crippen LogP contribution in [0.5, 0.6) is 0 Å². The summed E-state index contributed by atoms with van der Waals surface area (Å²) in [6, 6.07) is 33.0. The van der Waals surface area contributed by atoms with Crippen LogP contribution in [0.25, 0.3) is 0 Å². The third-order valence-corrected chi connectivity index (χ3v) is 5.80. The van der Waals surface area contributed by atoms with Crippen LogP contribution in [-0.2, 0) is 0 Å². The van der Waals surface area contributed by atoms with Crippen LogP contribution >= 0.6 is 15.9 Å². The van der Waals surface area contributed by atoms with Crippen LogP contribution < -0.4 is 4.90 Å². The molecule has 0 saturated carbocycles. The Labute approximate surface area is 197 Å². The first kappa shape index (κ1) is 21.7. The summed E-state index contributed by atoms with van der Waals surface area (Å²) in [6.07, 6.45) is 0. The average Bonchev–Trinajstić information content (AvgIpc) is 2.82. The van der Waals surface area contributed by atoms with E-state index in [2.05, 4.69) is 15.9 Å². The number of anilines is 1. The van der Waals surface area contributed by atoms with Gasteiger partial charge < -0.3 is 0 Å². The van der Waals surface area contributed by atoms with Crippen molar-refractivity contribution in [3.05, 3.63) is 130 Å². The molecule has 0 spiro atoms. The van der Waals surface area contributed by atoms with E-state index in [9.17, 15) is 4.79 Å². The Morgan fingerprint density at radius 1 is 0.719 bits per heavy atom. The third kappa shape index (κ3) is 4.87. The summed E-state index contributed by atoms with van der Waals surface area (Å²) >= 11 is 3.66. The minimum Gasteiger partial charge on any atom is -0.268 e. The molecule has 4 aromatic rings. The number of carbonyl (C=O) groups excluding carboxylic acids is 1. The fraction of sp³-hybridized carbons (Fsp3) is 0.0714. The number of amides is 1. The summed E-state index contributed by atoms with van der Waals surface area (Å²) < 4.78 is 0.865. The first-order valence-corrected chi connectivity index (χ1v) is 11.2. The van der Waals surface area contributed by atoms with Crippen molar-refractivity contribution in [1.29, 1.82) is 0 Å². The summed E-state index contributed by atoms with van der Waals surface area (Å²) in [6.45, 7) is 4.07. The number of rotatable bonds is 4. The van der Waals surface area contributed by atoms with Crippen LogP contribution in [0.15, 0.2) is 113 Å². The van der Waals surface area contributed by atoms with Gasteiger partial charge in [0.1, 0.15) is 5.84 Å². The minimum absolute atomic E-state index is 0.143. The Bertz CT molecular complexity index is 1250. The normalized spacial score (nSPS) is 11.3. The summed E-state index contributed by atoms with van der Waals surface area (Å²) in [7, 11) is 0. The van der Waals surface area contributed by atoms with Crippen molar-refractivity contribution in [2.24, 2.45) is 4.99 Å². The van der Waals surface area contributed by atoms with Crippen molar-refractivity contribution in [3.8, 4) is 0 Å². The fourth-order valence-electron chi connectivity index (χ4n) is 3.35. The highest BCUT2D eigenvalue weighted by Crippen LogP contribution is 2.27. The van der Waals surface area contributed by atoms with E-state index in [4.69, 9.17) is 4.99 Å². The first-order chi connectivity index (χ1) is 15.5. The van der Waals surface area contributed by atoms with Crippen molar-refractivity contribution >= 4 is 39.0 Å². The number of benzene rings is 4. The molecule has 0 aliphatic carbocycles. The maximum absolute atomic E-state index is 13.8. The van der Waals surface area contributed by atoms with Gasteiger partial charge in [-0.1, -0.05) is 87.7 Å². The van der Waals surface area contributed by atoms with Gasteiger partial charge in [-0.3, -0.25) is 9.69 Å². The standard InChI is InChI=1S/C28H23BrN2O/c1-20-12-16-23(17-13-20)30-27(25-10-6-7-11-26(25)29)31(24-18-14-21(2)15-19-24)28(32)22-8-4-3-5-9-22/h3-19H,1-2H3. The number of hydrogen-bond donors (Lipinski definition) is 0. The molecule has 0 atom stereocenters. The van der Waals surface area contributed by atoms with Gasteiger partial charge in [-0.2, -0.15) is 0 Å². The maximum Gasteiger partial charge on any atom is 0.264 e. The van der Waals surface area contributed by atoms with Gasteiger partial charge in [0.05, 0.1) is 11.4 Å². The molecule has 4 heteroatoms. The van der Waals surface area contributed by atoms with Gasteiger partial charge in [-0.25, -0.2) is 4.99 Å². The fourth-order valence-corrected chi connectivity index (χ4v) is 3.82. The minimum atomic E-state index is -0.143. The Morgan fingerprint density at radius 2 is 1.28 bits per heavy atom.